The zero-order valence-corrected chi connectivity index (χ0v) is 8.38. The van der Waals surface area contributed by atoms with Crippen molar-refractivity contribution in [3.05, 3.63) is 0 Å². The summed E-state index contributed by atoms with van der Waals surface area (Å²) in [6.45, 7) is 6.27. The predicted octanol–water partition coefficient (Wildman–Crippen LogP) is -0.469. The van der Waals surface area contributed by atoms with E-state index in [9.17, 15) is 9.59 Å². The minimum Gasteiger partial charge on any atom is -0.458 e. The van der Waals surface area contributed by atoms with Crippen LogP contribution in [0, 0.1) is 0 Å². The van der Waals surface area contributed by atoms with Crippen molar-refractivity contribution in [3.63, 3.8) is 0 Å². The number of hydrogen-bond donors (Lipinski definition) is 2. The Morgan fingerprint density at radius 3 is 1.77 bits per heavy atom. The van der Waals surface area contributed by atoms with Gasteiger partial charge in [-0.3, -0.25) is 4.79 Å². The lowest BCUT2D eigenvalue weighted by atomic mass is 10.0. The fourth-order valence-electron chi connectivity index (χ4n) is 0.485. The summed E-state index contributed by atoms with van der Waals surface area (Å²) in [4.78, 5) is 22.0. The molecule has 5 heteroatoms. The van der Waals surface area contributed by atoms with Crippen LogP contribution in [0.1, 0.15) is 27.7 Å². The second-order valence-electron chi connectivity index (χ2n) is 4.07. The number of amides is 1. The van der Waals surface area contributed by atoms with Crippen molar-refractivity contribution in [2.75, 3.05) is 0 Å². The van der Waals surface area contributed by atoms with Crippen LogP contribution in [0.3, 0.4) is 0 Å². The Hall–Kier alpha value is -1.10. The summed E-state index contributed by atoms with van der Waals surface area (Å²) in [6, 6.07) is 0. The van der Waals surface area contributed by atoms with Gasteiger partial charge in [-0.1, -0.05) is 0 Å². The molecule has 0 bridgehead atoms. The van der Waals surface area contributed by atoms with Crippen molar-refractivity contribution in [1.29, 1.82) is 0 Å². The summed E-state index contributed by atoms with van der Waals surface area (Å²) in [7, 11) is 0. The third kappa shape index (κ3) is 3.42. The van der Waals surface area contributed by atoms with Crippen LogP contribution in [-0.2, 0) is 14.3 Å². The largest absolute Gasteiger partial charge is 0.458 e. The molecule has 76 valence electrons. The van der Waals surface area contributed by atoms with Gasteiger partial charge in [0.2, 0.25) is 5.91 Å². The van der Waals surface area contributed by atoms with Crippen molar-refractivity contribution >= 4 is 11.9 Å². The van der Waals surface area contributed by atoms with Crippen LogP contribution < -0.4 is 11.5 Å². The maximum Gasteiger partial charge on any atom is 0.336 e. The molecule has 0 aromatic heterocycles. The molecular formula is C8H16N2O3. The molecule has 1 atom stereocenters. The molecule has 4 N–H and O–H groups in total. The van der Waals surface area contributed by atoms with E-state index >= 15 is 0 Å². The number of esters is 1. The van der Waals surface area contributed by atoms with Crippen LogP contribution >= 0.6 is 0 Å². The van der Waals surface area contributed by atoms with Gasteiger partial charge in [0.15, 0.2) is 5.54 Å². The lowest BCUT2D eigenvalue weighted by molar-refractivity contribution is -0.163. The fourth-order valence-corrected chi connectivity index (χ4v) is 0.485. The topological polar surface area (TPSA) is 95.4 Å². The number of carbonyl (C=O) groups excluding carboxylic acids is 2. The van der Waals surface area contributed by atoms with Gasteiger partial charge < -0.3 is 16.2 Å². The van der Waals surface area contributed by atoms with E-state index in [0.29, 0.717) is 0 Å². The summed E-state index contributed by atoms with van der Waals surface area (Å²) in [6.07, 6.45) is 0. The summed E-state index contributed by atoms with van der Waals surface area (Å²) in [5, 5.41) is 0. The molecule has 0 aliphatic carbocycles. The van der Waals surface area contributed by atoms with E-state index in [-0.39, 0.29) is 0 Å². The number of hydrogen-bond acceptors (Lipinski definition) is 4. The Labute approximate surface area is 77.4 Å². The van der Waals surface area contributed by atoms with Crippen LogP contribution in [0.5, 0.6) is 0 Å². The van der Waals surface area contributed by atoms with Gasteiger partial charge >= 0.3 is 5.97 Å². The van der Waals surface area contributed by atoms with Crippen LogP contribution in [0.25, 0.3) is 0 Å². The molecule has 0 saturated carbocycles. The summed E-state index contributed by atoms with van der Waals surface area (Å²) >= 11 is 0. The smallest absolute Gasteiger partial charge is 0.336 e. The van der Waals surface area contributed by atoms with Gasteiger partial charge in [0.1, 0.15) is 5.60 Å². The predicted molar refractivity (Wildman–Crippen MR) is 47.6 cm³/mol. The maximum absolute atomic E-state index is 11.3. The molecule has 0 aromatic rings. The van der Waals surface area contributed by atoms with Gasteiger partial charge in [-0.05, 0) is 27.7 Å². The van der Waals surface area contributed by atoms with Gasteiger partial charge in [-0.25, -0.2) is 4.79 Å². The number of nitrogens with two attached hydrogens (primary N) is 2. The van der Waals surface area contributed by atoms with E-state index in [1.165, 1.54) is 6.92 Å². The zero-order chi connectivity index (χ0) is 10.9. The highest BCUT2D eigenvalue weighted by Gasteiger charge is 2.38. The maximum atomic E-state index is 11.3. The highest BCUT2D eigenvalue weighted by atomic mass is 16.6. The van der Waals surface area contributed by atoms with E-state index in [1.54, 1.807) is 20.8 Å². The lowest BCUT2D eigenvalue weighted by Crippen LogP contribution is -2.57. The van der Waals surface area contributed by atoms with E-state index < -0.39 is 23.0 Å². The third-order valence-electron chi connectivity index (χ3n) is 1.33. The molecule has 0 spiro atoms. The molecule has 0 aliphatic heterocycles. The minimum atomic E-state index is -1.76. The van der Waals surface area contributed by atoms with Crippen molar-refractivity contribution in [1.82, 2.24) is 0 Å². The Morgan fingerprint density at radius 2 is 1.54 bits per heavy atom. The van der Waals surface area contributed by atoms with Gasteiger partial charge in [0.05, 0.1) is 0 Å². The fraction of sp³-hybridized carbons (Fsp3) is 0.750. The van der Waals surface area contributed by atoms with Crippen LogP contribution in [0.4, 0.5) is 0 Å². The van der Waals surface area contributed by atoms with Gasteiger partial charge in [-0.2, -0.15) is 0 Å². The Balaban J connectivity index is 4.53. The van der Waals surface area contributed by atoms with Gasteiger partial charge in [0, 0.05) is 0 Å². The monoisotopic (exact) mass is 188 g/mol. The number of carbonyl (C=O) groups is 2. The molecular weight excluding hydrogens is 172 g/mol. The van der Waals surface area contributed by atoms with Crippen molar-refractivity contribution < 1.29 is 14.3 Å². The second kappa shape index (κ2) is 3.33. The SMILES string of the molecule is CC(C)(C)OC(=O)C(C)(N)C(N)=O. The van der Waals surface area contributed by atoms with E-state index in [4.69, 9.17) is 16.2 Å². The molecule has 1 unspecified atom stereocenters. The average molecular weight is 188 g/mol. The molecule has 0 aromatic carbocycles. The standard InChI is InChI=1S/C8H16N2O3/c1-7(2,3)13-6(12)8(4,10)5(9)11/h10H2,1-4H3,(H2,9,11). The van der Waals surface area contributed by atoms with E-state index in [1.807, 2.05) is 0 Å². The molecule has 0 radical (unpaired) electrons. The molecule has 13 heavy (non-hydrogen) atoms. The first kappa shape index (κ1) is 11.9. The second-order valence-corrected chi connectivity index (χ2v) is 4.07. The van der Waals surface area contributed by atoms with Gasteiger partial charge in [0.25, 0.3) is 0 Å². The van der Waals surface area contributed by atoms with Crippen LogP contribution in [0.2, 0.25) is 0 Å². The minimum absolute atomic E-state index is 0.673. The molecule has 1 amide bonds. The Bertz CT molecular complexity index is 228. The zero-order valence-electron chi connectivity index (χ0n) is 8.38. The Morgan fingerprint density at radius 1 is 1.15 bits per heavy atom. The third-order valence-corrected chi connectivity index (χ3v) is 1.33. The molecule has 0 aliphatic rings. The molecule has 5 nitrogen and oxygen atoms in total. The van der Waals surface area contributed by atoms with Crippen LogP contribution in [0.15, 0.2) is 0 Å². The average Bonchev–Trinajstić information content (AvgIpc) is 1.82. The van der Waals surface area contributed by atoms with Crippen LogP contribution in [-0.4, -0.2) is 23.0 Å². The number of rotatable bonds is 2. The number of ether oxygens (including phenoxy) is 1. The molecule has 0 heterocycles. The lowest BCUT2D eigenvalue weighted by Gasteiger charge is -2.25. The summed E-state index contributed by atoms with van der Waals surface area (Å²) < 4.78 is 4.90. The Kier molecular flexibility index (Phi) is 3.05. The first-order valence-electron chi connectivity index (χ1n) is 3.89. The highest BCUT2D eigenvalue weighted by molar-refractivity contribution is 6.06. The summed E-state index contributed by atoms with van der Waals surface area (Å²) in [5.41, 5.74) is 7.86. The van der Waals surface area contributed by atoms with Crippen molar-refractivity contribution in [2.24, 2.45) is 11.5 Å². The first-order valence-corrected chi connectivity index (χ1v) is 3.89. The van der Waals surface area contributed by atoms with E-state index in [2.05, 4.69) is 0 Å². The van der Waals surface area contributed by atoms with Crippen molar-refractivity contribution in [3.8, 4) is 0 Å². The quantitative estimate of drug-likeness (QED) is 0.452. The van der Waals surface area contributed by atoms with Gasteiger partial charge in [-0.15, -0.1) is 0 Å². The number of primary amides is 1. The van der Waals surface area contributed by atoms with E-state index in [0.717, 1.165) is 0 Å². The molecule has 0 saturated heterocycles. The molecule has 0 rings (SSSR count). The molecule has 0 fully saturated rings. The first-order chi connectivity index (χ1) is 5.57. The summed E-state index contributed by atoms with van der Waals surface area (Å²) in [5.74, 6) is -1.71. The highest BCUT2D eigenvalue weighted by Crippen LogP contribution is 2.12. The van der Waals surface area contributed by atoms with Crippen molar-refractivity contribution in [2.45, 2.75) is 38.8 Å². The normalized spacial score (nSPS) is 16.1.